The van der Waals surface area contributed by atoms with Gasteiger partial charge in [0.15, 0.2) is 0 Å². The van der Waals surface area contributed by atoms with Gasteiger partial charge < -0.3 is 5.11 Å². The van der Waals surface area contributed by atoms with Crippen LogP contribution in [0.1, 0.15) is 18.4 Å². The lowest BCUT2D eigenvalue weighted by Gasteiger charge is -2.28. The lowest BCUT2D eigenvalue weighted by Crippen LogP contribution is -2.26. The fourth-order valence-electron chi connectivity index (χ4n) is 1.58. The quantitative estimate of drug-likeness (QED) is 0.600. The van der Waals surface area contributed by atoms with Crippen molar-refractivity contribution in [1.29, 1.82) is 0 Å². The number of benzene rings is 1. The van der Waals surface area contributed by atoms with Gasteiger partial charge in [0.2, 0.25) is 0 Å². The second-order valence-electron chi connectivity index (χ2n) is 3.58. The second-order valence-corrected chi connectivity index (χ2v) is 4.59. The summed E-state index contributed by atoms with van der Waals surface area (Å²) in [7, 11) is 0. The molecule has 1 unspecified atom stereocenters. The Bertz CT molecular complexity index is 326. The number of halogens is 1. The molecule has 0 radical (unpaired) electrons. The summed E-state index contributed by atoms with van der Waals surface area (Å²) < 4.78 is 0. The van der Waals surface area contributed by atoms with Gasteiger partial charge in [0.25, 0.3) is 0 Å². The van der Waals surface area contributed by atoms with Crippen molar-refractivity contribution in [3.63, 3.8) is 0 Å². The van der Waals surface area contributed by atoms with Crippen molar-refractivity contribution in [2.75, 3.05) is 5.88 Å². The Kier molecular flexibility index (Phi) is 4.71. The molecular weight excluding hydrogens is 228 g/mol. The summed E-state index contributed by atoms with van der Waals surface area (Å²) in [6, 6.07) is 9.50. The minimum atomic E-state index is -0.943. The van der Waals surface area contributed by atoms with E-state index in [0.717, 1.165) is 5.56 Å². The van der Waals surface area contributed by atoms with Gasteiger partial charge in [0.1, 0.15) is 0 Å². The lowest BCUT2D eigenvalue weighted by molar-refractivity contribution is 0.0357. The molecule has 0 saturated heterocycles. The number of aliphatic hydroxyl groups is 1. The van der Waals surface area contributed by atoms with Gasteiger partial charge in [0, 0.05) is 12.3 Å². The highest BCUT2D eigenvalue weighted by atomic mass is 35.5. The Balaban J connectivity index is 2.95. The third-order valence-corrected chi connectivity index (χ3v) is 2.66. The van der Waals surface area contributed by atoms with E-state index in [9.17, 15) is 5.11 Å². The second kappa shape index (κ2) is 5.59. The molecule has 82 valence electrons. The largest absolute Gasteiger partial charge is 0.385 e. The third-order valence-electron chi connectivity index (χ3n) is 2.32. The van der Waals surface area contributed by atoms with Crippen LogP contribution in [0, 0.1) is 0 Å². The van der Waals surface area contributed by atoms with E-state index in [2.05, 4.69) is 19.2 Å². The van der Waals surface area contributed by atoms with Crippen LogP contribution in [0.5, 0.6) is 0 Å². The summed E-state index contributed by atoms with van der Waals surface area (Å²) in [4.78, 5) is 0.659. The molecule has 0 saturated carbocycles. The standard InChI is InChI=1S/C12H15ClOS/c1-10(15)9-12(14,7-8-13)11-5-3-2-4-6-11/h2-6,14-15H,1,7-9H2. The summed E-state index contributed by atoms with van der Waals surface area (Å²) in [5.41, 5.74) is -0.0807. The van der Waals surface area contributed by atoms with Crippen LogP contribution >= 0.6 is 24.2 Å². The van der Waals surface area contributed by atoms with Gasteiger partial charge in [0.05, 0.1) is 5.60 Å². The topological polar surface area (TPSA) is 20.2 Å². The highest BCUT2D eigenvalue weighted by Gasteiger charge is 2.28. The molecule has 1 atom stereocenters. The highest BCUT2D eigenvalue weighted by Crippen LogP contribution is 2.32. The van der Waals surface area contributed by atoms with Crippen LogP contribution in [-0.2, 0) is 5.60 Å². The Morgan fingerprint density at radius 3 is 2.47 bits per heavy atom. The van der Waals surface area contributed by atoms with E-state index in [1.165, 1.54) is 0 Å². The molecule has 1 N–H and O–H groups in total. The predicted molar refractivity (Wildman–Crippen MR) is 68.4 cm³/mol. The Morgan fingerprint density at radius 1 is 1.40 bits per heavy atom. The van der Waals surface area contributed by atoms with Crippen LogP contribution in [0.3, 0.4) is 0 Å². The zero-order valence-corrected chi connectivity index (χ0v) is 10.1. The molecule has 0 aromatic heterocycles. The van der Waals surface area contributed by atoms with Crippen LogP contribution in [0.2, 0.25) is 0 Å². The van der Waals surface area contributed by atoms with Crippen molar-refractivity contribution in [1.82, 2.24) is 0 Å². The molecule has 0 aliphatic rings. The van der Waals surface area contributed by atoms with Gasteiger partial charge in [-0.25, -0.2) is 0 Å². The summed E-state index contributed by atoms with van der Waals surface area (Å²) in [6.07, 6.45) is 0.922. The van der Waals surface area contributed by atoms with E-state index in [-0.39, 0.29) is 0 Å². The first kappa shape index (κ1) is 12.6. The monoisotopic (exact) mass is 242 g/mol. The van der Waals surface area contributed by atoms with E-state index in [1.54, 1.807) is 0 Å². The van der Waals surface area contributed by atoms with Crippen molar-refractivity contribution >= 4 is 24.2 Å². The van der Waals surface area contributed by atoms with E-state index < -0.39 is 5.60 Å². The molecule has 0 aliphatic carbocycles. The highest BCUT2D eigenvalue weighted by molar-refractivity contribution is 7.84. The van der Waals surface area contributed by atoms with Crippen LogP contribution in [0.25, 0.3) is 0 Å². The molecule has 15 heavy (non-hydrogen) atoms. The van der Waals surface area contributed by atoms with Crippen LogP contribution in [-0.4, -0.2) is 11.0 Å². The molecule has 1 rings (SSSR count). The number of rotatable bonds is 5. The van der Waals surface area contributed by atoms with Gasteiger partial charge in [-0.15, -0.1) is 24.2 Å². The first-order valence-electron chi connectivity index (χ1n) is 4.79. The van der Waals surface area contributed by atoms with Gasteiger partial charge in [-0.3, -0.25) is 0 Å². The fraction of sp³-hybridized carbons (Fsp3) is 0.333. The normalized spacial score (nSPS) is 14.6. The molecule has 0 heterocycles. The smallest absolute Gasteiger partial charge is 0.0952 e. The Hall–Kier alpha value is -0.440. The van der Waals surface area contributed by atoms with Crippen molar-refractivity contribution in [3.8, 4) is 0 Å². The van der Waals surface area contributed by atoms with Gasteiger partial charge in [-0.1, -0.05) is 36.9 Å². The summed E-state index contributed by atoms with van der Waals surface area (Å²) in [5.74, 6) is 0.409. The van der Waals surface area contributed by atoms with Crippen molar-refractivity contribution < 1.29 is 5.11 Å². The number of hydrogen-bond acceptors (Lipinski definition) is 2. The van der Waals surface area contributed by atoms with Crippen molar-refractivity contribution in [2.24, 2.45) is 0 Å². The molecular formula is C12H15ClOS. The summed E-state index contributed by atoms with van der Waals surface area (Å²) in [6.45, 7) is 3.71. The van der Waals surface area contributed by atoms with E-state index in [1.807, 2.05) is 30.3 Å². The molecule has 3 heteroatoms. The SMILES string of the molecule is C=C(S)CC(O)(CCCl)c1ccccc1. The maximum Gasteiger partial charge on any atom is 0.0952 e. The summed E-state index contributed by atoms with van der Waals surface area (Å²) >= 11 is 9.84. The fourth-order valence-corrected chi connectivity index (χ4v) is 2.15. The van der Waals surface area contributed by atoms with Gasteiger partial charge >= 0.3 is 0 Å². The number of alkyl halides is 1. The molecule has 1 aromatic rings. The van der Waals surface area contributed by atoms with Crippen LogP contribution in [0.15, 0.2) is 41.8 Å². The molecule has 0 fully saturated rings. The Morgan fingerprint density at radius 2 is 2.00 bits per heavy atom. The van der Waals surface area contributed by atoms with Crippen LogP contribution in [0.4, 0.5) is 0 Å². The lowest BCUT2D eigenvalue weighted by atomic mass is 9.88. The molecule has 0 aliphatic heterocycles. The Labute approximate surface area is 101 Å². The van der Waals surface area contributed by atoms with Crippen LogP contribution < -0.4 is 0 Å². The minimum Gasteiger partial charge on any atom is -0.385 e. The first-order valence-corrected chi connectivity index (χ1v) is 5.77. The zero-order valence-electron chi connectivity index (χ0n) is 8.49. The molecule has 1 nitrogen and oxygen atoms in total. The molecule has 0 bridgehead atoms. The van der Waals surface area contributed by atoms with Gasteiger partial charge in [-0.2, -0.15) is 0 Å². The average molecular weight is 243 g/mol. The minimum absolute atomic E-state index is 0.409. The number of hydrogen-bond donors (Lipinski definition) is 2. The maximum atomic E-state index is 10.5. The summed E-state index contributed by atoms with van der Waals surface area (Å²) in [5, 5.41) is 10.5. The zero-order chi connectivity index (χ0) is 11.3. The molecule has 1 aromatic carbocycles. The average Bonchev–Trinajstić information content (AvgIpc) is 2.18. The number of thiol groups is 1. The van der Waals surface area contributed by atoms with E-state index in [4.69, 9.17) is 11.6 Å². The molecule has 0 amide bonds. The van der Waals surface area contributed by atoms with Crippen molar-refractivity contribution in [2.45, 2.75) is 18.4 Å². The third kappa shape index (κ3) is 3.56. The molecule has 0 spiro atoms. The van der Waals surface area contributed by atoms with E-state index >= 15 is 0 Å². The van der Waals surface area contributed by atoms with Crippen molar-refractivity contribution in [3.05, 3.63) is 47.4 Å². The van der Waals surface area contributed by atoms with Gasteiger partial charge in [-0.05, 0) is 16.9 Å². The first-order chi connectivity index (χ1) is 7.08. The maximum absolute atomic E-state index is 10.5. The predicted octanol–water partition coefficient (Wildman–Crippen LogP) is 3.34. The van der Waals surface area contributed by atoms with E-state index in [0.29, 0.717) is 23.6 Å².